The average molecular weight is 480 g/mol. The van der Waals surface area contributed by atoms with Crippen LogP contribution < -0.4 is 21.4 Å². The van der Waals surface area contributed by atoms with Crippen molar-refractivity contribution in [3.8, 4) is 0 Å². The maximum absolute atomic E-state index is 12.8. The summed E-state index contributed by atoms with van der Waals surface area (Å²) in [4.78, 5) is 35.9. The zero-order valence-electron chi connectivity index (χ0n) is 20.6. The zero-order chi connectivity index (χ0) is 24.8. The highest BCUT2D eigenvalue weighted by atomic mass is 16.6. The molecule has 3 aliphatic rings. The number of amides is 2. The van der Waals surface area contributed by atoms with E-state index in [1.165, 1.54) is 6.39 Å². The number of allylic oxidation sites excluding steroid dienone is 4. The van der Waals surface area contributed by atoms with Crippen LogP contribution in [0.3, 0.4) is 0 Å². The first-order valence-electron chi connectivity index (χ1n) is 12.1. The van der Waals surface area contributed by atoms with Gasteiger partial charge < -0.3 is 19.8 Å². The van der Waals surface area contributed by atoms with Gasteiger partial charge in [-0.25, -0.2) is 14.8 Å². The van der Waals surface area contributed by atoms with Gasteiger partial charge in [-0.15, -0.1) is 0 Å². The summed E-state index contributed by atoms with van der Waals surface area (Å²) in [7, 11) is 0. The maximum atomic E-state index is 12.8. The normalized spacial score (nSPS) is 17.5. The summed E-state index contributed by atoms with van der Waals surface area (Å²) >= 11 is 0. The number of nitrogens with one attached hydrogen (secondary N) is 2. The summed E-state index contributed by atoms with van der Waals surface area (Å²) in [5.74, 6) is 0.543. The number of aromatic nitrogens is 1. The highest BCUT2D eigenvalue weighted by Gasteiger charge is 2.29. The molecular weight excluding hydrogens is 446 g/mol. The molecule has 186 valence electrons. The molecule has 3 heterocycles. The molecule has 1 aromatic heterocycles. The first kappa shape index (κ1) is 24.5. The highest BCUT2D eigenvalue weighted by Crippen LogP contribution is 2.28. The number of hydrogen-bond acceptors (Lipinski definition) is 7. The van der Waals surface area contributed by atoms with E-state index in [-0.39, 0.29) is 18.5 Å². The average Bonchev–Trinajstić information content (AvgIpc) is 3.04. The lowest BCUT2D eigenvalue weighted by molar-refractivity contribution is -0.119. The fourth-order valence-corrected chi connectivity index (χ4v) is 4.06. The lowest BCUT2D eigenvalue weighted by atomic mass is 10.1. The molecule has 4 rings (SSSR count). The molecule has 2 aliphatic heterocycles. The minimum absolute atomic E-state index is 0.123. The van der Waals surface area contributed by atoms with Crippen molar-refractivity contribution in [2.24, 2.45) is 4.99 Å². The van der Waals surface area contributed by atoms with Gasteiger partial charge in [-0.05, 0) is 57.8 Å². The van der Waals surface area contributed by atoms with Gasteiger partial charge in [0.05, 0.1) is 12.2 Å². The van der Waals surface area contributed by atoms with E-state index < -0.39 is 5.60 Å². The van der Waals surface area contributed by atoms with E-state index in [4.69, 9.17) is 14.1 Å². The third kappa shape index (κ3) is 6.49. The van der Waals surface area contributed by atoms with Crippen molar-refractivity contribution in [1.29, 1.82) is 0 Å². The second-order valence-electron chi connectivity index (χ2n) is 9.64. The SMILES string of the molecule is CC(C)(C)OC(=O)N1CCCC2=C1N=C(CCNC(=O)CNC1=c3ncoc3=CCC=C1)CC=C2. The monoisotopic (exact) mass is 479 g/mol. The third-order valence-corrected chi connectivity index (χ3v) is 5.67. The van der Waals surface area contributed by atoms with Crippen molar-refractivity contribution >= 4 is 29.5 Å². The Labute approximate surface area is 205 Å². The molecule has 2 N–H and O–H groups in total. The standard InChI is InChI=1S/C26H33N5O4/c1-26(2,3)35-25(33)31-15-7-9-18-8-6-10-19(30-24(18)31)13-14-27-22(32)16-28-20-11-4-5-12-21-23(20)29-17-34-21/h4,6,8,11-12,17,28H,5,7,9-10,13-16H2,1-3H3,(H,27,32). The second-order valence-corrected chi connectivity index (χ2v) is 9.64. The molecule has 1 aromatic rings. The van der Waals surface area contributed by atoms with Crippen molar-refractivity contribution in [2.75, 3.05) is 19.6 Å². The van der Waals surface area contributed by atoms with Crippen LogP contribution in [0.2, 0.25) is 0 Å². The van der Waals surface area contributed by atoms with Crippen molar-refractivity contribution in [1.82, 2.24) is 20.5 Å². The van der Waals surface area contributed by atoms with Crippen LogP contribution in [0.5, 0.6) is 0 Å². The molecule has 9 nitrogen and oxygen atoms in total. The number of ether oxygens (including phenoxy) is 1. The molecule has 9 heteroatoms. The molecular formula is C26H33N5O4. The van der Waals surface area contributed by atoms with Crippen LogP contribution in [-0.2, 0) is 9.53 Å². The third-order valence-electron chi connectivity index (χ3n) is 5.67. The number of carbonyl (C=O) groups excluding carboxylic acids is 2. The first-order chi connectivity index (χ1) is 16.8. The number of nitrogens with zero attached hydrogens (tertiary/aromatic N) is 3. The predicted molar refractivity (Wildman–Crippen MR) is 133 cm³/mol. The quantitative estimate of drug-likeness (QED) is 0.648. The van der Waals surface area contributed by atoms with Gasteiger partial charge in [-0.2, -0.15) is 0 Å². The largest absolute Gasteiger partial charge is 0.444 e. The Morgan fingerprint density at radius 1 is 1.23 bits per heavy atom. The summed E-state index contributed by atoms with van der Waals surface area (Å²) < 4.78 is 11.0. The molecule has 0 spiro atoms. The topological polar surface area (TPSA) is 109 Å². The number of hydrogen-bond donors (Lipinski definition) is 2. The Kier molecular flexibility index (Phi) is 7.53. The summed E-state index contributed by atoms with van der Waals surface area (Å²) in [5, 5.41) is 6.79. The summed E-state index contributed by atoms with van der Waals surface area (Å²) in [6.07, 6.45) is 14.8. The van der Waals surface area contributed by atoms with Crippen LogP contribution in [0.25, 0.3) is 11.8 Å². The van der Waals surface area contributed by atoms with Crippen LogP contribution in [0.15, 0.2) is 51.5 Å². The number of oxazole rings is 1. The van der Waals surface area contributed by atoms with Gasteiger partial charge in [-0.3, -0.25) is 9.69 Å². The lowest BCUT2D eigenvalue weighted by Crippen LogP contribution is -2.39. The summed E-state index contributed by atoms with van der Waals surface area (Å²) in [6, 6.07) is 0. The molecule has 0 radical (unpaired) electrons. The smallest absolute Gasteiger partial charge is 0.416 e. The summed E-state index contributed by atoms with van der Waals surface area (Å²) in [5.41, 5.74) is 2.85. The Morgan fingerprint density at radius 2 is 2.09 bits per heavy atom. The molecule has 0 bridgehead atoms. The molecule has 35 heavy (non-hydrogen) atoms. The second kappa shape index (κ2) is 10.8. The molecule has 0 saturated heterocycles. The van der Waals surface area contributed by atoms with E-state index in [0.717, 1.165) is 36.2 Å². The van der Waals surface area contributed by atoms with Gasteiger partial charge >= 0.3 is 6.09 Å². The van der Waals surface area contributed by atoms with Crippen LogP contribution in [0.4, 0.5) is 4.79 Å². The minimum Gasteiger partial charge on any atom is -0.444 e. The van der Waals surface area contributed by atoms with Gasteiger partial charge in [0.1, 0.15) is 16.8 Å². The van der Waals surface area contributed by atoms with Crippen molar-refractivity contribution in [3.05, 3.63) is 52.9 Å². The molecule has 0 atom stereocenters. The summed E-state index contributed by atoms with van der Waals surface area (Å²) in [6.45, 7) is 6.74. The van der Waals surface area contributed by atoms with Crippen molar-refractivity contribution in [2.45, 2.75) is 58.5 Å². The van der Waals surface area contributed by atoms with E-state index in [2.05, 4.69) is 27.8 Å². The van der Waals surface area contributed by atoms with Gasteiger partial charge in [0.25, 0.3) is 0 Å². The number of carbonyl (C=O) groups is 2. The highest BCUT2D eigenvalue weighted by molar-refractivity contribution is 5.89. The Balaban J connectivity index is 1.34. The predicted octanol–water partition coefficient (Wildman–Crippen LogP) is 2.26. The van der Waals surface area contributed by atoms with Crippen LogP contribution in [0, 0.1) is 0 Å². The lowest BCUT2D eigenvalue weighted by Gasteiger charge is -2.31. The zero-order valence-corrected chi connectivity index (χ0v) is 20.6. The van der Waals surface area contributed by atoms with Crippen molar-refractivity contribution in [3.63, 3.8) is 0 Å². The fourth-order valence-electron chi connectivity index (χ4n) is 4.06. The van der Waals surface area contributed by atoms with Crippen LogP contribution >= 0.6 is 0 Å². The maximum Gasteiger partial charge on any atom is 0.416 e. The molecule has 0 unspecified atom stereocenters. The Bertz CT molecular complexity index is 1210. The first-order valence-corrected chi connectivity index (χ1v) is 12.1. The molecule has 0 aromatic carbocycles. The Hall–Kier alpha value is -3.62. The van der Waals surface area contributed by atoms with E-state index >= 15 is 0 Å². The minimum atomic E-state index is -0.570. The van der Waals surface area contributed by atoms with Gasteiger partial charge in [0.2, 0.25) is 5.91 Å². The van der Waals surface area contributed by atoms with E-state index in [1.54, 1.807) is 4.90 Å². The van der Waals surface area contributed by atoms with Gasteiger partial charge in [0, 0.05) is 31.6 Å². The van der Waals surface area contributed by atoms with Gasteiger partial charge in [-0.1, -0.05) is 18.2 Å². The Morgan fingerprint density at radius 3 is 2.91 bits per heavy atom. The van der Waals surface area contributed by atoms with E-state index in [1.807, 2.05) is 39.0 Å². The fraction of sp³-hybridized carbons (Fsp3) is 0.462. The molecule has 1 aliphatic carbocycles. The molecule has 0 fully saturated rings. The van der Waals surface area contributed by atoms with Crippen LogP contribution in [0.1, 0.15) is 52.9 Å². The van der Waals surface area contributed by atoms with Crippen LogP contribution in [-0.4, -0.2) is 52.8 Å². The number of rotatable bonds is 6. The number of aliphatic imine (C=N–C) groups is 1. The van der Waals surface area contributed by atoms with Gasteiger partial charge in [0.15, 0.2) is 11.8 Å². The number of fused-ring (bicyclic) bond motifs is 1. The van der Waals surface area contributed by atoms with Crippen molar-refractivity contribution < 1.29 is 18.7 Å². The van der Waals surface area contributed by atoms with E-state index in [9.17, 15) is 9.59 Å². The van der Waals surface area contributed by atoms with E-state index in [0.29, 0.717) is 42.5 Å². The molecule has 2 amide bonds. The molecule has 0 saturated carbocycles.